The first-order valence-corrected chi connectivity index (χ1v) is 10.0. The molecule has 0 radical (unpaired) electrons. The summed E-state index contributed by atoms with van der Waals surface area (Å²) in [5.41, 5.74) is 0.590. The number of nitrogens with zero attached hydrogens (tertiary/aromatic N) is 3. The standard InChI is InChI=1S/C21H33FN4O2/c1-15(2)26(16(3)4)21(28)17(5)25-12-10-24(11-13-25)14-20(27)23-19-8-6-18(22)7-9-19/h6-9,15-17H,10-14H2,1-5H3,(H,23,27). The number of hydrogen-bond donors (Lipinski definition) is 1. The van der Waals surface area contributed by atoms with Crippen LogP contribution in [0.2, 0.25) is 0 Å². The monoisotopic (exact) mass is 392 g/mol. The smallest absolute Gasteiger partial charge is 0.240 e. The summed E-state index contributed by atoms with van der Waals surface area (Å²) in [5.74, 6) is -0.284. The van der Waals surface area contributed by atoms with Gasteiger partial charge in [0.2, 0.25) is 11.8 Å². The van der Waals surface area contributed by atoms with E-state index in [2.05, 4.69) is 15.1 Å². The minimum atomic E-state index is -0.328. The molecule has 1 fully saturated rings. The SMILES string of the molecule is CC(C(=O)N(C(C)C)C(C)C)N1CCN(CC(=O)Nc2ccc(F)cc2)CC1. The zero-order valence-electron chi connectivity index (χ0n) is 17.6. The van der Waals surface area contributed by atoms with Crippen LogP contribution in [0.25, 0.3) is 0 Å². The second-order valence-electron chi connectivity index (χ2n) is 7.98. The zero-order valence-corrected chi connectivity index (χ0v) is 17.6. The average molecular weight is 393 g/mol. The van der Waals surface area contributed by atoms with Crippen molar-refractivity contribution in [2.45, 2.75) is 52.7 Å². The number of rotatable bonds is 7. The molecule has 1 N–H and O–H groups in total. The largest absolute Gasteiger partial charge is 0.336 e. The summed E-state index contributed by atoms with van der Waals surface area (Å²) in [6, 6.07) is 5.92. The van der Waals surface area contributed by atoms with E-state index >= 15 is 0 Å². The summed E-state index contributed by atoms with van der Waals surface area (Å²) in [6.45, 7) is 13.4. The number of carbonyl (C=O) groups is 2. The number of piperazine rings is 1. The van der Waals surface area contributed by atoms with Crippen LogP contribution < -0.4 is 5.32 Å². The first-order valence-electron chi connectivity index (χ1n) is 10.0. The van der Waals surface area contributed by atoms with E-state index in [1.165, 1.54) is 12.1 Å². The molecule has 0 spiro atoms. The number of anilines is 1. The maximum absolute atomic E-state index is 12.9. The Morgan fingerprint density at radius 2 is 1.54 bits per heavy atom. The highest BCUT2D eigenvalue weighted by atomic mass is 19.1. The van der Waals surface area contributed by atoms with Crippen LogP contribution in [0.15, 0.2) is 24.3 Å². The molecule has 1 unspecified atom stereocenters. The molecule has 1 atom stereocenters. The molecular weight excluding hydrogens is 359 g/mol. The van der Waals surface area contributed by atoms with E-state index in [-0.39, 0.29) is 42.3 Å². The van der Waals surface area contributed by atoms with Crippen LogP contribution in [0.1, 0.15) is 34.6 Å². The maximum atomic E-state index is 12.9. The van der Waals surface area contributed by atoms with Crippen molar-refractivity contribution in [3.8, 4) is 0 Å². The summed E-state index contributed by atoms with van der Waals surface area (Å²) in [6.07, 6.45) is 0. The lowest BCUT2D eigenvalue weighted by Crippen LogP contribution is -2.57. The molecule has 156 valence electrons. The van der Waals surface area contributed by atoms with Crippen molar-refractivity contribution in [2.75, 3.05) is 38.0 Å². The van der Waals surface area contributed by atoms with Gasteiger partial charge in [0.1, 0.15) is 5.82 Å². The number of benzene rings is 1. The van der Waals surface area contributed by atoms with Crippen LogP contribution >= 0.6 is 0 Å². The number of hydrogen-bond acceptors (Lipinski definition) is 4. The number of nitrogens with one attached hydrogen (secondary N) is 1. The fourth-order valence-corrected chi connectivity index (χ4v) is 3.72. The first kappa shape index (κ1) is 22.3. The average Bonchev–Trinajstić information content (AvgIpc) is 2.63. The van der Waals surface area contributed by atoms with Crippen molar-refractivity contribution >= 4 is 17.5 Å². The van der Waals surface area contributed by atoms with E-state index in [1.54, 1.807) is 12.1 Å². The van der Waals surface area contributed by atoms with Crippen LogP contribution in [0.5, 0.6) is 0 Å². The molecule has 0 saturated carbocycles. The van der Waals surface area contributed by atoms with Crippen molar-refractivity contribution in [3.05, 3.63) is 30.1 Å². The molecule has 1 saturated heterocycles. The molecule has 2 amide bonds. The van der Waals surface area contributed by atoms with Gasteiger partial charge in [0.25, 0.3) is 0 Å². The van der Waals surface area contributed by atoms with Crippen molar-refractivity contribution in [1.82, 2.24) is 14.7 Å². The number of halogens is 1. The normalized spacial score (nSPS) is 17.0. The van der Waals surface area contributed by atoms with Gasteiger partial charge in [-0.25, -0.2) is 4.39 Å². The van der Waals surface area contributed by atoms with E-state index < -0.39 is 0 Å². The molecule has 0 aromatic heterocycles. The third-order valence-electron chi connectivity index (χ3n) is 5.17. The van der Waals surface area contributed by atoms with Gasteiger partial charge in [-0.1, -0.05) is 0 Å². The van der Waals surface area contributed by atoms with Gasteiger partial charge in [-0.2, -0.15) is 0 Å². The fraction of sp³-hybridized carbons (Fsp3) is 0.619. The molecule has 1 aromatic carbocycles. The molecule has 0 bridgehead atoms. The Bertz CT molecular complexity index is 647. The molecule has 1 aliphatic heterocycles. The van der Waals surface area contributed by atoms with Gasteiger partial charge in [-0.3, -0.25) is 19.4 Å². The lowest BCUT2D eigenvalue weighted by atomic mass is 10.1. The third-order valence-corrected chi connectivity index (χ3v) is 5.17. The first-order chi connectivity index (χ1) is 13.2. The van der Waals surface area contributed by atoms with E-state index in [0.29, 0.717) is 5.69 Å². The van der Waals surface area contributed by atoms with Gasteiger partial charge >= 0.3 is 0 Å². The third kappa shape index (κ3) is 6.01. The van der Waals surface area contributed by atoms with Gasteiger partial charge in [-0.15, -0.1) is 0 Å². The summed E-state index contributed by atoms with van der Waals surface area (Å²) in [4.78, 5) is 31.3. The lowest BCUT2D eigenvalue weighted by Gasteiger charge is -2.40. The van der Waals surface area contributed by atoms with Gasteiger partial charge in [0, 0.05) is 44.0 Å². The molecule has 2 rings (SSSR count). The van der Waals surface area contributed by atoms with E-state index in [9.17, 15) is 14.0 Å². The van der Waals surface area contributed by atoms with Gasteiger partial charge in [0.15, 0.2) is 0 Å². The van der Waals surface area contributed by atoms with Crippen molar-refractivity contribution < 1.29 is 14.0 Å². The van der Waals surface area contributed by atoms with E-state index in [1.807, 2.05) is 39.5 Å². The van der Waals surface area contributed by atoms with Crippen LogP contribution in [0.4, 0.5) is 10.1 Å². The Labute approximate surface area is 167 Å². The molecule has 7 heteroatoms. The summed E-state index contributed by atoms with van der Waals surface area (Å²) >= 11 is 0. The molecule has 28 heavy (non-hydrogen) atoms. The highest BCUT2D eigenvalue weighted by molar-refractivity contribution is 5.92. The van der Waals surface area contributed by atoms with Crippen LogP contribution in [0.3, 0.4) is 0 Å². The van der Waals surface area contributed by atoms with Crippen LogP contribution in [0, 0.1) is 5.82 Å². The van der Waals surface area contributed by atoms with E-state index in [4.69, 9.17) is 0 Å². The highest BCUT2D eigenvalue weighted by Crippen LogP contribution is 2.14. The second kappa shape index (κ2) is 9.98. The molecular formula is C21H33FN4O2. The van der Waals surface area contributed by atoms with Crippen molar-refractivity contribution in [2.24, 2.45) is 0 Å². The van der Waals surface area contributed by atoms with Gasteiger partial charge in [0.05, 0.1) is 12.6 Å². The van der Waals surface area contributed by atoms with Crippen LogP contribution in [-0.4, -0.2) is 77.4 Å². The Kier molecular flexibility index (Phi) is 7.95. The summed E-state index contributed by atoms with van der Waals surface area (Å²) < 4.78 is 12.9. The summed E-state index contributed by atoms with van der Waals surface area (Å²) in [5, 5.41) is 2.79. The molecule has 6 nitrogen and oxygen atoms in total. The van der Waals surface area contributed by atoms with Crippen LogP contribution in [-0.2, 0) is 9.59 Å². The second-order valence-corrected chi connectivity index (χ2v) is 7.98. The molecule has 1 aliphatic rings. The highest BCUT2D eigenvalue weighted by Gasteiger charge is 2.31. The van der Waals surface area contributed by atoms with Crippen molar-refractivity contribution in [3.63, 3.8) is 0 Å². The number of amides is 2. The Morgan fingerprint density at radius 1 is 1.00 bits per heavy atom. The fourth-order valence-electron chi connectivity index (χ4n) is 3.72. The predicted molar refractivity (Wildman–Crippen MR) is 110 cm³/mol. The topological polar surface area (TPSA) is 55.9 Å². The minimum Gasteiger partial charge on any atom is -0.336 e. The quantitative estimate of drug-likeness (QED) is 0.774. The molecule has 1 heterocycles. The Morgan fingerprint density at radius 3 is 2.04 bits per heavy atom. The van der Waals surface area contributed by atoms with Gasteiger partial charge in [-0.05, 0) is 58.9 Å². The zero-order chi connectivity index (χ0) is 20.8. The molecule has 1 aromatic rings. The predicted octanol–water partition coefficient (Wildman–Crippen LogP) is 2.42. The minimum absolute atomic E-state index is 0.116. The van der Waals surface area contributed by atoms with Gasteiger partial charge < -0.3 is 10.2 Å². The van der Waals surface area contributed by atoms with E-state index in [0.717, 1.165) is 26.2 Å². The molecule has 0 aliphatic carbocycles. The maximum Gasteiger partial charge on any atom is 0.240 e. The number of carbonyl (C=O) groups excluding carboxylic acids is 2. The lowest BCUT2D eigenvalue weighted by molar-refractivity contribution is -0.141. The summed E-state index contributed by atoms with van der Waals surface area (Å²) in [7, 11) is 0. The van der Waals surface area contributed by atoms with Crippen molar-refractivity contribution in [1.29, 1.82) is 0 Å². The Balaban J connectivity index is 1.82. The Hall–Kier alpha value is -1.99.